The number of hydrogen-bond donors (Lipinski definition) is 1. The van der Waals surface area contributed by atoms with Gasteiger partial charge >= 0.3 is 0 Å². The van der Waals surface area contributed by atoms with E-state index in [4.69, 9.17) is 0 Å². The number of aliphatic hydroxyl groups is 1. The van der Waals surface area contributed by atoms with Crippen molar-refractivity contribution in [3.63, 3.8) is 0 Å². The van der Waals surface area contributed by atoms with Gasteiger partial charge in [0, 0.05) is 0 Å². The van der Waals surface area contributed by atoms with Crippen LogP contribution in [0, 0.1) is 11.8 Å². The second-order valence-electron chi connectivity index (χ2n) is 5.46. The Hall–Kier alpha value is -0.820. The van der Waals surface area contributed by atoms with E-state index in [-0.39, 0.29) is 6.10 Å². The summed E-state index contributed by atoms with van der Waals surface area (Å²) in [6.07, 6.45) is 3.18. The highest BCUT2D eigenvalue weighted by atomic mass is 16.3. The minimum atomic E-state index is -0.0902. The normalized spacial score (nSPS) is 25.8. The molecule has 1 aliphatic carbocycles. The first-order valence-electron chi connectivity index (χ1n) is 6.41. The number of aliphatic hydroxyl groups excluding tert-OH is 1. The molecule has 0 saturated heterocycles. The SMILES string of the molecule is CC(C)CCC(O)C1CC1c1ccccc1. The van der Waals surface area contributed by atoms with E-state index in [1.54, 1.807) is 0 Å². The van der Waals surface area contributed by atoms with Gasteiger partial charge in [-0.3, -0.25) is 0 Å². The molecule has 1 N–H and O–H groups in total. The van der Waals surface area contributed by atoms with Gasteiger partial charge in [0.05, 0.1) is 6.10 Å². The topological polar surface area (TPSA) is 20.2 Å². The molecule has 0 radical (unpaired) electrons. The second kappa shape index (κ2) is 5.01. The summed E-state index contributed by atoms with van der Waals surface area (Å²) in [4.78, 5) is 0. The molecule has 1 aliphatic rings. The Balaban J connectivity index is 1.82. The van der Waals surface area contributed by atoms with E-state index in [1.807, 2.05) is 0 Å². The zero-order valence-corrected chi connectivity index (χ0v) is 10.3. The average molecular weight is 218 g/mol. The third-order valence-electron chi connectivity index (χ3n) is 3.60. The quantitative estimate of drug-likeness (QED) is 0.800. The molecule has 1 fully saturated rings. The molecule has 0 bridgehead atoms. The molecule has 1 aromatic carbocycles. The molecule has 0 amide bonds. The minimum Gasteiger partial charge on any atom is -0.393 e. The monoisotopic (exact) mass is 218 g/mol. The Morgan fingerprint density at radius 1 is 1.19 bits per heavy atom. The molecule has 3 atom stereocenters. The molecule has 0 heterocycles. The number of hydrogen-bond acceptors (Lipinski definition) is 1. The van der Waals surface area contributed by atoms with E-state index in [9.17, 15) is 5.11 Å². The molecule has 16 heavy (non-hydrogen) atoms. The van der Waals surface area contributed by atoms with Crippen LogP contribution in [0.2, 0.25) is 0 Å². The van der Waals surface area contributed by atoms with Crippen molar-refractivity contribution in [2.75, 3.05) is 0 Å². The lowest BCUT2D eigenvalue weighted by Crippen LogP contribution is -2.11. The van der Waals surface area contributed by atoms with Gasteiger partial charge in [0.1, 0.15) is 0 Å². The first-order valence-corrected chi connectivity index (χ1v) is 6.41. The Bertz CT molecular complexity index is 317. The van der Waals surface area contributed by atoms with E-state index in [0.29, 0.717) is 17.8 Å². The van der Waals surface area contributed by atoms with E-state index < -0.39 is 0 Å². The summed E-state index contributed by atoms with van der Waals surface area (Å²) in [6, 6.07) is 10.6. The lowest BCUT2D eigenvalue weighted by Gasteiger charge is -2.11. The van der Waals surface area contributed by atoms with Gasteiger partial charge in [-0.05, 0) is 42.6 Å². The van der Waals surface area contributed by atoms with Gasteiger partial charge in [0.15, 0.2) is 0 Å². The van der Waals surface area contributed by atoms with Crippen molar-refractivity contribution in [1.82, 2.24) is 0 Å². The van der Waals surface area contributed by atoms with Crippen LogP contribution in [0.25, 0.3) is 0 Å². The third-order valence-corrected chi connectivity index (χ3v) is 3.60. The van der Waals surface area contributed by atoms with Gasteiger partial charge in [0.2, 0.25) is 0 Å². The molecule has 3 unspecified atom stereocenters. The van der Waals surface area contributed by atoms with Crippen LogP contribution in [0.15, 0.2) is 30.3 Å². The average Bonchev–Trinajstić information content (AvgIpc) is 3.07. The maximum Gasteiger partial charge on any atom is 0.0574 e. The largest absolute Gasteiger partial charge is 0.393 e. The smallest absolute Gasteiger partial charge is 0.0574 e. The van der Waals surface area contributed by atoms with E-state index in [1.165, 1.54) is 12.0 Å². The first kappa shape index (κ1) is 11.7. The molecule has 2 rings (SSSR count). The van der Waals surface area contributed by atoms with Crippen molar-refractivity contribution in [3.05, 3.63) is 35.9 Å². The predicted molar refractivity (Wildman–Crippen MR) is 67.4 cm³/mol. The molecule has 1 heteroatoms. The summed E-state index contributed by atoms with van der Waals surface area (Å²) in [5.41, 5.74) is 1.40. The van der Waals surface area contributed by atoms with Crippen LogP contribution in [0.4, 0.5) is 0 Å². The lowest BCUT2D eigenvalue weighted by molar-refractivity contribution is 0.132. The lowest BCUT2D eigenvalue weighted by atomic mass is 10.00. The molecule has 0 aromatic heterocycles. The van der Waals surface area contributed by atoms with Gasteiger partial charge in [-0.1, -0.05) is 44.2 Å². The van der Waals surface area contributed by atoms with Crippen molar-refractivity contribution in [2.24, 2.45) is 11.8 Å². The summed E-state index contributed by atoms with van der Waals surface area (Å²) >= 11 is 0. The molecule has 0 aliphatic heterocycles. The summed E-state index contributed by atoms with van der Waals surface area (Å²) in [6.45, 7) is 4.43. The van der Waals surface area contributed by atoms with Crippen molar-refractivity contribution in [2.45, 2.75) is 45.1 Å². The van der Waals surface area contributed by atoms with Crippen LogP contribution in [0.5, 0.6) is 0 Å². The van der Waals surface area contributed by atoms with Crippen LogP contribution in [-0.4, -0.2) is 11.2 Å². The fourth-order valence-corrected chi connectivity index (χ4v) is 2.44. The highest BCUT2D eigenvalue weighted by Gasteiger charge is 2.42. The molecule has 1 aromatic rings. The Kier molecular flexibility index (Phi) is 3.65. The van der Waals surface area contributed by atoms with Gasteiger partial charge in [-0.25, -0.2) is 0 Å². The molecular weight excluding hydrogens is 196 g/mol. The zero-order chi connectivity index (χ0) is 11.5. The van der Waals surface area contributed by atoms with Crippen LogP contribution in [-0.2, 0) is 0 Å². The van der Waals surface area contributed by atoms with Gasteiger partial charge in [-0.15, -0.1) is 0 Å². The maximum atomic E-state index is 10.1. The highest BCUT2D eigenvalue weighted by molar-refractivity contribution is 5.26. The standard InChI is InChI=1S/C15H22O/c1-11(2)8-9-15(16)14-10-13(14)12-6-4-3-5-7-12/h3-7,11,13-16H,8-10H2,1-2H3. The molecular formula is C15H22O. The summed E-state index contributed by atoms with van der Waals surface area (Å²) in [7, 11) is 0. The summed E-state index contributed by atoms with van der Waals surface area (Å²) in [5, 5.41) is 10.1. The van der Waals surface area contributed by atoms with Gasteiger partial charge < -0.3 is 5.11 Å². The van der Waals surface area contributed by atoms with Crippen LogP contribution in [0.3, 0.4) is 0 Å². The van der Waals surface area contributed by atoms with E-state index in [0.717, 1.165) is 12.8 Å². The van der Waals surface area contributed by atoms with E-state index in [2.05, 4.69) is 44.2 Å². The molecule has 1 nitrogen and oxygen atoms in total. The third kappa shape index (κ3) is 2.85. The van der Waals surface area contributed by atoms with Crippen LogP contribution >= 0.6 is 0 Å². The molecule has 0 spiro atoms. The predicted octanol–water partition coefficient (Wildman–Crippen LogP) is 3.59. The minimum absolute atomic E-state index is 0.0902. The number of rotatable bonds is 5. The Morgan fingerprint density at radius 2 is 1.88 bits per heavy atom. The van der Waals surface area contributed by atoms with Crippen molar-refractivity contribution >= 4 is 0 Å². The van der Waals surface area contributed by atoms with Gasteiger partial charge in [-0.2, -0.15) is 0 Å². The van der Waals surface area contributed by atoms with Gasteiger partial charge in [0.25, 0.3) is 0 Å². The van der Waals surface area contributed by atoms with Crippen LogP contribution < -0.4 is 0 Å². The van der Waals surface area contributed by atoms with Crippen molar-refractivity contribution < 1.29 is 5.11 Å². The first-order chi connectivity index (χ1) is 7.68. The van der Waals surface area contributed by atoms with E-state index >= 15 is 0 Å². The molecule has 88 valence electrons. The second-order valence-corrected chi connectivity index (χ2v) is 5.46. The van der Waals surface area contributed by atoms with Crippen molar-refractivity contribution in [3.8, 4) is 0 Å². The number of benzene rings is 1. The maximum absolute atomic E-state index is 10.1. The fraction of sp³-hybridized carbons (Fsp3) is 0.600. The fourth-order valence-electron chi connectivity index (χ4n) is 2.44. The highest BCUT2D eigenvalue weighted by Crippen LogP contribution is 2.50. The van der Waals surface area contributed by atoms with Crippen molar-refractivity contribution in [1.29, 1.82) is 0 Å². The summed E-state index contributed by atoms with van der Waals surface area (Å²) in [5.74, 6) is 1.83. The Labute approximate surface area is 98.5 Å². The Morgan fingerprint density at radius 3 is 2.50 bits per heavy atom. The zero-order valence-electron chi connectivity index (χ0n) is 10.3. The van der Waals surface area contributed by atoms with Crippen LogP contribution in [0.1, 0.15) is 44.6 Å². The summed E-state index contributed by atoms with van der Waals surface area (Å²) < 4.78 is 0. The molecule has 1 saturated carbocycles.